The van der Waals surface area contributed by atoms with Crippen molar-refractivity contribution in [3.8, 4) is 0 Å². The lowest BCUT2D eigenvalue weighted by Crippen LogP contribution is -2.42. The first-order valence-corrected chi connectivity index (χ1v) is 5.30. The highest BCUT2D eigenvalue weighted by Gasteiger charge is 2.05. The number of amides is 1. The minimum absolute atomic E-state index is 0. The molecule has 18 heavy (non-hydrogen) atoms. The number of carbonyl (C=O) groups is 1. The quantitative estimate of drug-likeness (QED) is 0.467. The normalized spacial score (nSPS) is 10.5. The summed E-state index contributed by atoms with van der Waals surface area (Å²) in [5, 5.41) is 5.96. The minimum atomic E-state index is -0.00838. The van der Waals surface area contributed by atoms with E-state index in [-0.39, 0.29) is 36.4 Å². The molecule has 0 aliphatic carbocycles. The zero-order chi connectivity index (χ0) is 12.7. The Balaban J connectivity index is 0.00000289. The number of hydrogen-bond donors (Lipinski definition) is 2. The van der Waals surface area contributed by atoms with Crippen LogP contribution in [0.1, 0.15) is 5.76 Å². The van der Waals surface area contributed by atoms with Crippen LogP contribution in [-0.4, -0.2) is 44.5 Å². The Labute approximate surface area is 124 Å². The number of nitrogens with zero attached hydrogens (tertiary/aromatic N) is 2. The lowest BCUT2D eigenvalue weighted by molar-refractivity contribution is -0.127. The lowest BCUT2D eigenvalue weighted by Gasteiger charge is -2.13. The zero-order valence-electron chi connectivity index (χ0n) is 10.8. The summed E-state index contributed by atoms with van der Waals surface area (Å²) in [5.74, 6) is 1.37. The zero-order valence-corrected chi connectivity index (χ0v) is 13.1. The summed E-state index contributed by atoms with van der Waals surface area (Å²) in [6, 6.07) is 3.69. The SMILES string of the molecule is CN=C(NCC(=O)N(C)C)NCc1ccco1.I. The number of carbonyl (C=O) groups excluding carboxylic acids is 1. The molecule has 0 radical (unpaired) electrons. The third-order valence-electron chi connectivity index (χ3n) is 2.14. The molecule has 1 rings (SSSR count). The smallest absolute Gasteiger partial charge is 0.241 e. The second kappa shape index (κ2) is 8.78. The van der Waals surface area contributed by atoms with Gasteiger partial charge < -0.3 is 20.0 Å². The molecule has 0 unspecified atom stereocenters. The molecule has 0 aliphatic heterocycles. The highest BCUT2D eigenvalue weighted by molar-refractivity contribution is 14.0. The first kappa shape index (κ1) is 16.8. The fourth-order valence-electron chi connectivity index (χ4n) is 1.12. The van der Waals surface area contributed by atoms with Crippen molar-refractivity contribution in [2.45, 2.75) is 6.54 Å². The molecule has 0 bridgehead atoms. The van der Waals surface area contributed by atoms with Crippen molar-refractivity contribution in [2.24, 2.45) is 4.99 Å². The van der Waals surface area contributed by atoms with Crippen LogP contribution in [-0.2, 0) is 11.3 Å². The van der Waals surface area contributed by atoms with Crippen molar-refractivity contribution in [2.75, 3.05) is 27.7 Å². The standard InChI is InChI=1S/C11H18N4O2.HI/c1-12-11(14-8-10(16)15(2)3)13-7-9-5-4-6-17-9;/h4-6H,7-8H2,1-3H3,(H2,12,13,14);1H. The number of likely N-dealkylation sites (N-methyl/N-ethyl adjacent to an activating group) is 1. The van der Waals surface area contributed by atoms with Crippen molar-refractivity contribution >= 4 is 35.8 Å². The van der Waals surface area contributed by atoms with Crippen LogP contribution in [0.15, 0.2) is 27.8 Å². The Hall–Kier alpha value is -1.25. The molecule has 0 atom stereocenters. The highest BCUT2D eigenvalue weighted by Crippen LogP contribution is 1.97. The molecule has 1 heterocycles. The molecule has 0 saturated carbocycles. The van der Waals surface area contributed by atoms with Crippen LogP contribution in [0.2, 0.25) is 0 Å². The maximum atomic E-state index is 11.4. The van der Waals surface area contributed by atoms with Crippen LogP contribution in [0.3, 0.4) is 0 Å². The summed E-state index contributed by atoms with van der Waals surface area (Å²) in [7, 11) is 5.07. The van der Waals surface area contributed by atoms with Crippen LogP contribution in [0.4, 0.5) is 0 Å². The van der Waals surface area contributed by atoms with E-state index in [4.69, 9.17) is 4.42 Å². The summed E-state index contributed by atoms with van der Waals surface area (Å²) < 4.78 is 5.17. The summed E-state index contributed by atoms with van der Waals surface area (Å²) in [6.07, 6.45) is 1.61. The van der Waals surface area contributed by atoms with Crippen LogP contribution in [0.5, 0.6) is 0 Å². The predicted octanol–water partition coefficient (Wildman–Crippen LogP) is 0.651. The second-order valence-corrected chi connectivity index (χ2v) is 3.65. The maximum Gasteiger partial charge on any atom is 0.241 e. The van der Waals surface area contributed by atoms with Gasteiger partial charge >= 0.3 is 0 Å². The van der Waals surface area contributed by atoms with Gasteiger partial charge in [-0.15, -0.1) is 24.0 Å². The van der Waals surface area contributed by atoms with Gasteiger partial charge in [-0.1, -0.05) is 0 Å². The van der Waals surface area contributed by atoms with Crippen LogP contribution in [0.25, 0.3) is 0 Å². The Kier molecular flexibility index (Phi) is 8.17. The fraction of sp³-hybridized carbons (Fsp3) is 0.455. The summed E-state index contributed by atoms with van der Waals surface area (Å²) in [6.45, 7) is 0.744. The van der Waals surface area contributed by atoms with Crippen molar-refractivity contribution < 1.29 is 9.21 Å². The molecule has 7 heteroatoms. The molecule has 0 fully saturated rings. The number of halogens is 1. The van der Waals surface area contributed by atoms with E-state index in [0.717, 1.165) is 5.76 Å². The molecular formula is C11H19IN4O2. The fourth-order valence-corrected chi connectivity index (χ4v) is 1.12. The average Bonchev–Trinajstić information content (AvgIpc) is 2.81. The number of hydrogen-bond acceptors (Lipinski definition) is 3. The van der Waals surface area contributed by atoms with Crippen molar-refractivity contribution in [1.82, 2.24) is 15.5 Å². The molecular weight excluding hydrogens is 347 g/mol. The van der Waals surface area contributed by atoms with E-state index in [9.17, 15) is 4.79 Å². The van der Waals surface area contributed by atoms with E-state index in [1.807, 2.05) is 12.1 Å². The van der Waals surface area contributed by atoms with Crippen molar-refractivity contribution in [3.63, 3.8) is 0 Å². The maximum absolute atomic E-state index is 11.4. The van der Waals surface area contributed by atoms with Crippen molar-refractivity contribution in [1.29, 1.82) is 0 Å². The Morgan fingerprint density at radius 3 is 2.67 bits per heavy atom. The van der Waals surface area contributed by atoms with Gasteiger partial charge in [0.25, 0.3) is 0 Å². The third-order valence-corrected chi connectivity index (χ3v) is 2.14. The minimum Gasteiger partial charge on any atom is -0.467 e. The molecule has 1 amide bonds. The second-order valence-electron chi connectivity index (χ2n) is 3.65. The van der Waals surface area contributed by atoms with E-state index >= 15 is 0 Å². The van der Waals surface area contributed by atoms with Gasteiger partial charge in [-0.3, -0.25) is 9.79 Å². The van der Waals surface area contributed by atoms with Gasteiger partial charge in [0.05, 0.1) is 19.4 Å². The van der Waals surface area contributed by atoms with Gasteiger partial charge in [0.2, 0.25) is 5.91 Å². The molecule has 2 N–H and O–H groups in total. The van der Waals surface area contributed by atoms with Gasteiger partial charge in [-0.25, -0.2) is 0 Å². The van der Waals surface area contributed by atoms with E-state index in [0.29, 0.717) is 12.5 Å². The molecule has 0 aliphatic rings. The summed E-state index contributed by atoms with van der Waals surface area (Å²) >= 11 is 0. The summed E-state index contributed by atoms with van der Waals surface area (Å²) in [4.78, 5) is 16.9. The monoisotopic (exact) mass is 366 g/mol. The average molecular weight is 366 g/mol. The lowest BCUT2D eigenvalue weighted by atomic mass is 10.4. The van der Waals surface area contributed by atoms with E-state index in [1.165, 1.54) is 4.90 Å². The van der Waals surface area contributed by atoms with Gasteiger partial charge in [-0.2, -0.15) is 0 Å². The van der Waals surface area contributed by atoms with Gasteiger partial charge in [0.15, 0.2) is 5.96 Å². The number of aliphatic imine (C=N–C) groups is 1. The van der Waals surface area contributed by atoms with Crippen molar-refractivity contribution in [3.05, 3.63) is 24.2 Å². The molecule has 0 aromatic carbocycles. The largest absolute Gasteiger partial charge is 0.467 e. The van der Waals surface area contributed by atoms with E-state index < -0.39 is 0 Å². The van der Waals surface area contributed by atoms with Crippen LogP contribution >= 0.6 is 24.0 Å². The first-order chi connectivity index (χ1) is 8.13. The number of furan rings is 1. The Morgan fingerprint density at radius 1 is 1.44 bits per heavy atom. The van der Waals surface area contributed by atoms with E-state index in [2.05, 4.69) is 15.6 Å². The predicted molar refractivity (Wildman–Crippen MR) is 81.0 cm³/mol. The molecule has 102 valence electrons. The highest BCUT2D eigenvalue weighted by atomic mass is 127. The molecule has 6 nitrogen and oxygen atoms in total. The van der Waals surface area contributed by atoms with E-state index in [1.54, 1.807) is 27.4 Å². The van der Waals surface area contributed by atoms with Gasteiger partial charge in [0, 0.05) is 21.1 Å². The number of rotatable bonds is 4. The summed E-state index contributed by atoms with van der Waals surface area (Å²) in [5.41, 5.74) is 0. The van der Waals surface area contributed by atoms with Gasteiger partial charge in [-0.05, 0) is 12.1 Å². The Morgan fingerprint density at radius 2 is 2.17 bits per heavy atom. The molecule has 1 aromatic heterocycles. The number of guanidine groups is 1. The first-order valence-electron chi connectivity index (χ1n) is 5.30. The number of nitrogens with one attached hydrogen (secondary N) is 2. The third kappa shape index (κ3) is 5.89. The van der Waals surface area contributed by atoms with Crippen LogP contribution < -0.4 is 10.6 Å². The molecule has 0 spiro atoms. The Bertz CT molecular complexity index is 376. The molecule has 1 aromatic rings. The van der Waals surface area contributed by atoms with Crippen LogP contribution in [0, 0.1) is 0 Å². The van der Waals surface area contributed by atoms with Gasteiger partial charge in [0.1, 0.15) is 5.76 Å². The molecule has 0 saturated heterocycles. The topological polar surface area (TPSA) is 69.9 Å².